The number of hydrogen-bond acceptors (Lipinski definition) is 17. The number of ketones is 1. The van der Waals surface area contributed by atoms with Crippen LogP contribution in [-0.2, 0) is 9.47 Å². The van der Waals surface area contributed by atoms with Gasteiger partial charge in [-0.1, -0.05) is 0 Å². The lowest BCUT2D eigenvalue weighted by atomic mass is 9.94. The smallest absolute Gasteiger partial charge is 0.229 e. The number of phenolic OH excluding ortho intramolecular Hbond substituents is 3. The summed E-state index contributed by atoms with van der Waals surface area (Å²) < 4.78 is 27.8. The number of carbonyl (C=O) groups excluding carboxylic acids is 1. The summed E-state index contributed by atoms with van der Waals surface area (Å²) in [7, 11) is 0. The molecule has 2 saturated heterocycles. The van der Waals surface area contributed by atoms with E-state index >= 15 is 0 Å². The van der Waals surface area contributed by atoms with Crippen molar-refractivity contribution >= 4 is 5.78 Å². The lowest BCUT2D eigenvalue weighted by Crippen LogP contribution is -2.60. The molecule has 0 aliphatic carbocycles. The molecule has 0 bridgehead atoms. The Labute approximate surface area is 247 Å². The number of carbonyl (C=O) groups is 1. The Morgan fingerprint density at radius 2 is 1.23 bits per heavy atom. The molecule has 0 radical (unpaired) electrons. The van der Waals surface area contributed by atoms with Crippen LogP contribution in [0.2, 0.25) is 0 Å². The minimum Gasteiger partial charge on any atom is -0.507 e. The molecule has 17 heteroatoms. The van der Waals surface area contributed by atoms with Crippen LogP contribution in [0.3, 0.4) is 0 Å². The average Bonchev–Trinajstić information content (AvgIpc) is 2.98. The predicted octanol–water partition coefficient (Wildman–Crippen LogP) is -3.13. The van der Waals surface area contributed by atoms with Crippen LogP contribution in [0.15, 0.2) is 24.3 Å². The highest BCUT2D eigenvalue weighted by Crippen LogP contribution is 2.46. The van der Waals surface area contributed by atoms with E-state index in [2.05, 4.69) is 0 Å². The second-order valence-electron chi connectivity index (χ2n) is 10.6. The van der Waals surface area contributed by atoms with E-state index in [0.29, 0.717) is 0 Å². The van der Waals surface area contributed by atoms with Crippen molar-refractivity contribution in [1.29, 1.82) is 0 Å². The highest BCUT2D eigenvalue weighted by molar-refractivity contribution is 6.02. The maximum atomic E-state index is 13.1. The molecule has 3 aliphatic heterocycles. The van der Waals surface area contributed by atoms with Gasteiger partial charge in [0.15, 0.2) is 17.3 Å². The molecule has 11 atom stereocenters. The third kappa shape index (κ3) is 5.82. The number of phenols is 3. The van der Waals surface area contributed by atoms with Gasteiger partial charge in [0.25, 0.3) is 0 Å². The maximum absolute atomic E-state index is 13.1. The molecule has 2 aromatic carbocycles. The Morgan fingerprint density at radius 1 is 0.682 bits per heavy atom. The number of ether oxygens (including phenoxy) is 5. The van der Waals surface area contributed by atoms with E-state index in [1.807, 2.05) is 0 Å². The van der Waals surface area contributed by atoms with Crippen molar-refractivity contribution in [2.24, 2.45) is 0 Å². The van der Waals surface area contributed by atoms with Gasteiger partial charge in [-0.25, -0.2) is 0 Å². The first-order chi connectivity index (χ1) is 20.8. The molecule has 44 heavy (non-hydrogen) atoms. The van der Waals surface area contributed by atoms with Gasteiger partial charge in [0.1, 0.15) is 83.5 Å². The number of fused-ring (bicyclic) bond motifs is 1. The van der Waals surface area contributed by atoms with Gasteiger partial charge in [0, 0.05) is 23.8 Å². The van der Waals surface area contributed by atoms with E-state index in [9.17, 15) is 61.0 Å². The first kappa shape index (κ1) is 31.9. The summed E-state index contributed by atoms with van der Waals surface area (Å²) in [5.74, 6) is -3.29. The zero-order chi connectivity index (χ0) is 32.0. The molecule has 3 heterocycles. The summed E-state index contributed by atoms with van der Waals surface area (Å²) in [4.78, 5) is 13.1. The third-order valence-corrected chi connectivity index (χ3v) is 7.62. The van der Waals surface area contributed by atoms with Crippen LogP contribution in [0.1, 0.15) is 28.4 Å². The highest BCUT2D eigenvalue weighted by Gasteiger charge is 2.46. The summed E-state index contributed by atoms with van der Waals surface area (Å²) in [6.07, 6.45) is -18.1. The maximum Gasteiger partial charge on any atom is 0.229 e. The molecule has 11 N–H and O–H groups in total. The van der Waals surface area contributed by atoms with Crippen molar-refractivity contribution in [3.8, 4) is 34.5 Å². The Hall–Kier alpha value is -3.49. The van der Waals surface area contributed by atoms with E-state index in [4.69, 9.17) is 23.7 Å². The zero-order valence-electron chi connectivity index (χ0n) is 22.7. The van der Waals surface area contributed by atoms with Gasteiger partial charge in [-0.2, -0.15) is 0 Å². The molecule has 0 saturated carbocycles. The second-order valence-corrected chi connectivity index (χ2v) is 10.6. The number of aliphatic hydroxyl groups excluding tert-OH is 8. The Balaban J connectivity index is 1.43. The molecule has 0 spiro atoms. The van der Waals surface area contributed by atoms with Gasteiger partial charge < -0.3 is 79.9 Å². The summed E-state index contributed by atoms with van der Waals surface area (Å²) in [5, 5.41) is 111. The molecule has 2 aromatic rings. The van der Waals surface area contributed by atoms with E-state index in [1.165, 1.54) is 0 Å². The van der Waals surface area contributed by atoms with Crippen molar-refractivity contribution in [3.05, 3.63) is 35.4 Å². The predicted molar refractivity (Wildman–Crippen MR) is 139 cm³/mol. The molecular weight excluding hydrogens is 596 g/mol. The van der Waals surface area contributed by atoms with Crippen molar-refractivity contribution in [2.75, 3.05) is 13.2 Å². The van der Waals surface area contributed by atoms with Gasteiger partial charge in [-0.15, -0.1) is 0 Å². The number of hydrogen-bond donors (Lipinski definition) is 11. The molecule has 5 rings (SSSR count). The lowest BCUT2D eigenvalue weighted by molar-refractivity contribution is -0.277. The number of aromatic hydroxyl groups is 3. The van der Waals surface area contributed by atoms with Gasteiger partial charge in [0.2, 0.25) is 12.6 Å². The SMILES string of the molecule is O=C1C[C@H](c2cc(O)c(O)cc2O[C@@H]2O[C@H](CO)[C@@H](O)[C@H](O)[C@H]2O)Oc2cc(O[C@H]3O[C@H](CO)[C@@H](O)[C@H](O)[C@H]3O)cc(O)c21. The fourth-order valence-corrected chi connectivity index (χ4v) is 5.17. The van der Waals surface area contributed by atoms with Crippen LogP contribution in [0.25, 0.3) is 0 Å². The van der Waals surface area contributed by atoms with Crippen molar-refractivity contribution < 1.29 is 84.7 Å². The van der Waals surface area contributed by atoms with Crippen molar-refractivity contribution in [1.82, 2.24) is 0 Å². The molecule has 3 aliphatic rings. The monoisotopic (exact) mass is 628 g/mol. The first-order valence-electron chi connectivity index (χ1n) is 13.4. The molecule has 2 fully saturated rings. The largest absolute Gasteiger partial charge is 0.507 e. The fourth-order valence-electron chi connectivity index (χ4n) is 5.17. The summed E-state index contributed by atoms with van der Waals surface area (Å²) in [6.45, 7) is -1.46. The Morgan fingerprint density at radius 3 is 1.80 bits per heavy atom. The minimum atomic E-state index is -1.83. The quantitative estimate of drug-likeness (QED) is 0.135. The third-order valence-electron chi connectivity index (χ3n) is 7.62. The van der Waals surface area contributed by atoms with Crippen LogP contribution in [0.4, 0.5) is 0 Å². The van der Waals surface area contributed by atoms with E-state index < -0.39 is 110 Å². The van der Waals surface area contributed by atoms with Crippen molar-refractivity contribution in [3.63, 3.8) is 0 Å². The summed E-state index contributed by atoms with van der Waals surface area (Å²) >= 11 is 0. The second kappa shape index (κ2) is 12.5. The lowest BCUT2D eigenvalue weighted by Gasteiger charge is -2.40. The standard InChI is InChI=1S/C27H32O17/c28-6-17-20(34)22(36)24(38)26(43-17)40-8-1-12(32)19-13(33)5-14(41-16(19)2-8)9-3-10(30)11(31)4-15(9)42-27-25(39)23(37)21(35)18(7-29)44-27/h1-4,14,17-18,20-32,34-39H,5-7H2/t14-,17-,18-,20-,21-,22+,23+,24-,25-,26+,27-/m1/s1. The van der Waals surface area contributed by atoms with Crippen LogP contribution in [0, 0.1) is 0 Å². The molecule has 0 amide bonds. The van der Waals surface area contributed by atoms with Gasteiger partial charge in [-0.3, -0.25) is 4.79 Å². The fraction of sp³-hybridized carbons (Fsp3) is 0.519. The Kier molecular flexibility index (Phi) is 9.06. The number of aliphatic hydroxyl groups is 8. The number of benzene rings is 2. The normalized spacial score (nSPS) is 35.5. The zero-order valence-corrected chi connectivity index (χ0v) is 22.7. The number of Topliss-reactive ketones (excluding diaryl/α,β-unsaturated/α-hetero) is 1. The molecule has 0 unspecified atom stereocenters. The van der Waals surface area contributed by atoms with Crippen LogP contribution in [0.5, 0.6) is 34.5 Å². The first-order valence-corrected chi connectivity index (χ1v) is 13.4. The topological polar surface area (TPSA) is 286 Å². The van der Waals surface area contributed by atoms with E-state index in [-0.39, 0.29) is 28.4 Å². The molecular formula is C27H32O17. The van der Waals surface area contributed by atoms with Crippen molar-refractivity contribution in [2.45, 2.75) is 73.9 Å². The van der Waals surface area contributed by atoms with Crippen LogP contribution >= 0.6 is 0 Å². The van der Waals surface area contributed by atoms with E-state index in [0.717, 1.165) is 24.3 Å². The highest BCUT2D eigenvalue weighted by atomic mass is 16.7. The molecule has 17 nitrogen and oxygen atoms in total. The average molecular weight is 629 g/mol. The number of rotatable bonds is 7. The van der Waals surface area contributed by atoms with Gasteiger partial charge in [-0.05, 0) is 6.07 Å². The van der Waals surface area contributed by atoms with Crippen LogP contribution in [-0.4, -0.2) is 137 Å². The van der Waals surface area contributed by atoms with Gasteiger partial charge in [0.05, 0.1) is 19.6 Å². The molecule has 242 valence electrons. The van der Waals surface area contributed by atoms with Crippen LogP contribution < -0.4 is 14.2 Å². The summed E-state index contributed by atoms with van der Waals surface area (Å²) in [5.41, 5.74) is -0.308. The molecule has 0 aromatic heterocycles. The van der Waals surface area contributed by atoms with Gasteiger partial charge >= 0.3 is 0 Å². The summed E-state index contributed by atoms with van der Waals surface area (Å²) in [6, 6.07) is 4.10. The van der Waals surface area contributed by atoms with E-state index in [1.54, 1.807) is 0 Å². The Bertz CT molecular complexity index is 1360. The minimum absolute atomic E-state index is 0.0593.